The van der Waals surface area contributed by atoms with E-state index in [0.717, 1.165) is 12.1 Å². The van der Waals surface area contributed by atoms with Crippen LogP contribution in [0.5, 0.6) is 0 Å². The summed E-state index contributed by atoms with van der Waals surface area (Å²) in [5.41, 5.74) is 0.941. The summed E-state index contributed by atoms with van der Waals surface area (Å²) in [4.78, 5) is 13.1. The number of carbonyl (C=O) groups is 1. The molecule has 0 N–H and O–H groups in total. The summed E-state index contributed by atoms with van der Waals surface area (Å²) < 4.78 is 12.9. The lowest BCUT2D eigenvalue weighted by Gasteiger charge is -2.13. The molecule has 0 spiro atoms. The number of hydrogen-bond acceptors (Lipinski definition) is 2. The highest BCUT2D eigenvalue weighted by Crippen LogP contribution is 2.18. The van der Waals surface area contributed by atoms with E-state index in [1.807, 2.05) is 4.90 Å². The van der Waals surface area contributed by atoms with Crippen LogP contribution in [-0.4, -0.2) is 23.8 Å². The molecule has 80 valence electrons. The third-order valence-corrected chi connectivity index (χ3v) is 2.79. The molecule has 0 atom stereocenters. The predicted octanol–water partition coefficient (Wildman–Crippen LogP) is 2.25. The monoisotopic (exact) mass is 227 g/mol. The van der Waals surface area contributed by atoms with Crippen LogP contribution in [0.3, 0.4) is 0 Å². The zero-order valence-electron chi connectivity index (χ0n) is 8.17. The highest BCUT2D eigenvalue weighted by atomic mass is 35.5. The second-order valence-electron chi connectivity index (χ2n) is 3.75. The Bertz CT molecular complexity index is 394. The maximum absolute atomic E-state index is 12.9. The fourth-order valence-electron chi connectivity index (χ4n) is 1.72. The number of carbonyl (C=O) groups excluding carboxylic acids is 1. The van der Waals surface area contributed by atoms with Gasteiger partial charge in [-0.2, -0.15) is 0 Å². The van der Waals surface area contributed by atoms with Crippen LogP contribution >= 0.6 is 11.6 Å². The number of hydrogen-bond donors (Lipinski definition) is 0. The van der Waals surface area contributed by atoms with Gasteiger partial charge in [0.05, 0.1) is 11.6 Å². The number of benzene rings is 1. The molecular formula is C11H11ClFNO. The van der Waals surface area contributed by atoms with Gasteiger partial charge in [-0.1, -0.05) is 17.7 Å². The third-order valence-electron chi connectivity index (χ3n) is 2.50. The zero-order chi connectivity index (χ0) is 10.8. The number of halogens is 2. The third kappa shape index (κ3) is 2.55. The first kappa shape index (κ1) is 10.6. The van der Waals surface area contributed by atoms with Crippen LogP contribution in [0.4, 0.5) is 4.39 Å². The summed E-state index contributed by atoms with van der Waals surface area (Å²) in [6.07, 6.45) is 0.620. The highest BCUT2D eigenvalue weighted by molar-refractivity contribution is 6.30. The van der Waals surface area contributed by atoms with Crippen molar-refractivity contribution in [1.82, 2.24) is 4.90 Å². The van der Waals surface area contributed by atoms with Gasteiger partial charge in [-0.25, -0.2) is 4.39 Å². The lowest BCUT2D eigenvalue weighted by atomic mass is 10.2. The van der Waals surface area contributed by atoms with Crippen LogP contribution in [0.15, 0.2) is 18.2 Å². The molecule has 0 aliphatic carbocycles. The molecule has 15 heavy (non-hydrogen) atoms. The Labute approximate surface area is 92.6 Å². The van der Waals surface area contributed by atoms with Crippen molar-refractivity contribution in [2.24, 2.45) is 0 Å². The zero-order valence-corrected chi connectivity index (χ0v) is 8.93. The van der Waals surface area contributed by atoms with Gasteiger partial charge in [0.25, 0.3) is 0 Å². The minimum absolute atomic E-state index is 0.137. The lowest BCUT2D eigenvalue weighted by molar-refractivity contribution is -0.116. The van der Waals surface area contributed by atoms with E-state index in [-0.39, 0.29) is 10.8 Å². The fraction of sp³-hybridized carbons (Fsp3) is 0.364. The standard InChI is InChI=1S/C11H11ClFNO/c12-10-5-8(1-2-11(10)13)6-14-4-3-9(15)7-14/h1-2,5H,3-4,6-7H2. The Hall–Kier alpha value is -0.930. The van der Waals surface area contributed by atoms with Crippen molar-refractivity contribution in [3.8, 4) is 0 Å². The van der Waals surface area contributed by atoms with Crippen LogP contribution in [0, 0.1) is 5.82 Å². The molecule has 0 radical (unpaired) electrons. The first-order valence-electron chi connectivity index (χ1n) is 4.83. The largest absolute Gasteiger partial charge is 0.298 e. The molecule has 1 aromatic rings. The molecule has 1 heterocycles. The molecule has 1 aliphatic rings. The first-order valence-corrected chi connectivity index (χ1v) is 5.21. The molecular weight excluding hydrogens is 217 g/mol. The fourth-order valence-corrected chi connectivity index (χ4v) is 1.92. The normalized spacial score (nSPS) is 17.3. The van der Waals surface area contributed by atoms with Crippen molar-refractivity contribution in [1.29, 1.82) is 0 Å². The minimum atomic E-state index is -0.405. The van der Waals surface area contributed by atoms with Gasteiger partial charge in [-0.05, 0) is 17.7 Å². The molecule has 1 aromatic carbocycles. The van der Waals surface area contributed by atoms with Gasteiger partial charge in [-0.3, -0.25) is 9.69 Å². The van der Waals surface area contributed by atoms with Crippen molar-refractivity contribution >= 4 is 17.4 Å². The van der Waals surface area contributed by atoms with E-state index in [4.69, 9.17) is 11.6 Å². The molecule has 1 fully saturated rings. The van der Waals surface area contributed by atoms with Crippen molar-refractivity contribution in [3.05, 3.63) is 34.6 Å². The van der Waals surface area contributed by atoms with Crippen LogP contribution < -0.4 is 0 Å². The van der Waals surface area contributed by atoms with Gasteiger partial charge in [0.15, 0.2) is 0 Å². The maximum Gasteiger partial charge on any atom is 0.148 e. The predicted molar refractivity (Wildman–Crippen MR) is 56.3 cm³/mol. The Kier molecular flexibility index (Phi) is 3.03. The summed E-state index contributed by atoms with van der Waals surface area (Å²) >= 11 is 5.67. The number of ketones is 1. The van der Waals surface area contributed by atoms with E-state index in [1.165, 1.54) is 6.07 Å². The Morgan fingerprint density at radius 2 is 2.27 bits per heavy atom. The topological polar surface area (TPSA) is 20.3 Å². The number of rotatable bonds is 2. The van der Waals surface area contributed by atoms with Crippen molar-refractivity contribution in [2.75, 3.05) is 13.1 Å². The molecule has 0 amide bonds. The van der Waals surface area contributed by atoms with Crippen LogP contribution in [0.2, 0.25) is 5.02 Å². The Balaban J connectivity index is 2.05. The number of nitrogens with zero attached hydrogens (tertiary/aromatic N) is 1. The number of Topliss-reactive ketones (excluding diaryl/α,β-unsaturated/α-hetero) is 1. The van der Waals surface area contributed by atoms with Gasteiger partial charge in [0, 0.05) is 19.5 Å². The molecule has 2 rings (SSSR count). The summed E-state index contributed by atoms with van der Waals surface area (Å²) in [6, 6.07) is 4.67. The van der Waals surface area contributed by atoms with Gasteiger partial charge in [0.1, 0.15) is 11.6 Å². The van der Waals surface area contributed by atoms with E-state index in [9.17, 15) is 9.18 Å². The number of likely N-dealkylation sites (tertiary alicyclic amines) is 1. The lowest BCUT2D eigenvalue weighted by Crippen LogP contribution is -2.19. The average molecular weight is 228 g/mol. The first-order chi connectivity index (χ1) is 7.15. The van der Waals surface area contributed by atoms with Crippen molar-refractivity contribution < 1.29 is 9.18 Å². The minimum Gasteiger partial charge on any atom is -0.298 e. The van der Waals surface area contributed by atoms with Gasteiger partial charge in [0.2, 0.25) is 0 Å². The molecule has 0 unspecified atom stereocenters. The van der Waals surface area contributed by atoms with E-state index in [1.54, 1.807) is 12.1 Å². The van der Waals surface area contributed by atoms with E-state index in [0.29, 0.717) is 19.5 Å². The van der Waals surface area contributed by atoms with Gasteiger partial charge < -0.3 is 0 Å². The van der Waals surface area contributed by atoms with Gasteiger partial charge >= 0.3 is 0 Å². The molecule has 1 aliphatic heterocycles. The van der Waals surface area contributed by atoms with Crippen molar-refractivity contribution in [2.45, 2.75) is 13.0 Å². The van der Waals surface area contributed by atoms with E-state index in [2.05, 4.69) is 0 Å². The SMILES string of the molecule is O=C1CCN(Cc2ccc(F)c(Cl)c2)C1. The van der Waals surface area contributed by atoms with E-state index >= 15 is 0 Å². The highest BCUT2D eigenvalue weighted by Gasteiger charge is 2.19. The van der Waals surface area contributed by atoms with Crippen LogP contribution in [0.25, 0.3) is 0 Å². The molecule has 0 saturated carbocycles. The quantitative estimate of drug-likeness (QED) is 0.773. The molecule has 4 heteroatoms. The molecule has 1 saturated heterocycles. The second kappa shape index (κ2) is 4.29. The Morgan fingerprint density at radius 1 is 1.47 bits per heavy atom. The van der Waals surface area contributed by atoms with E-state index < -0.39 is 5.82 Å². The Morgan fingerprint density at radius 3 is 2.87 bits per heavy atom. The molecule has 2 nitrogen and oxygen atoms in total. The second-order valence-corrected chi connectivity index (χ2v) is 4.15. The average Bonchev–Trinajstić information content (AvgIpc) is 2.58. The maximum atomic E-state index is 12.9. The summed E-state index contributed by atoms with van der Waals surface area (Å²) in [7, 11) is 0. The van der Waals surface area contributed by atoms with Crippen LogP contribution in [0.1, 0.15) is 12.0 Å². The van der Waals surface area contributed by atoms with Crippen LogP contribution in [-0.2, 0) is 11.3 Å². The molecule has 0 bridgehead atoms. The summed E-state index contributed by atoms with van der Waals surface area (Å²) in [6.45, 7) is 1.94. The smallest absolute Gasteiger partial charge is 0.148 e. The van der Waals surface area contributed by atoms with Gasteiger partial charge in [-0.15, -0.1) is 0 Å². The summed E-state index contributed by atoms with van der Waals surface area (Å²) in [5, 5.41) is 0.137. The van der Waals surface area contributed by atoms with Crippen molar-refractivity contribution in [3.63, 3.8) is 0 Å². The molecule has 0 aromatic heterocycles. The summed E-state index contributed by atoms with van der Waals surface area (Å²) in [5.74, 6) is -0.138.